The van der Waals surface area contributed by atoms with Crippen molar-refractivity contribution in [1.29, 1.82) is 0 Å². The lowest BCUT2D eigenvalue weighted by molar-refractivity contribution is -0.00124. The fourth-order valence-electron chi connectivity index (χ4n) is 6.13. The van der Waals surface area contributed by atoms with Crippen molar-refractivity contribution < 1.29 is 5.11 Å². The van der Waals surface area contributed by atoms with E-state index >= 15 is 0 Å². The average molecular weight is 272 g/mol. The van der Waals surface area contributed by atoms with E-state index in [9.17, 15) is 5.11 Å². The van der Waals surface area contributed by atoms with Crippen molar-refractivity contribution in [3.05, 3.63) is 23.8 Å². The normalized spacial score (nSPS) is 53.9. The third-order valence-corrected chi connectivity index (χ3v) is 7.42. The fourth-order valence-corrected chi connectivity index (χ4v) is 6.13. The summed E-state index contributed by atoms with van der Waals surface area (Å²) in [5.74, 6) is 2.54. The van der Waals surface area contributed by atoms with E-state index < -0.39 is 0 Å². The smallest absolute Gasteiger partial charge is 0.0727 e. The Morgan fingerprint density at radius 2 is 1.90 bits per heavy atom. The number of hydrogen-bond acceptors (Lipinski definition) is 1. The number of aliphatic hydroxyl groups excluding tert-OH is 1. The van der Waals surface area contributed by atoms with Gasteiger partial charge in [-0.3, -0.25) is 0 Å². The highest BCUT2D eigenvalue weighted by atomic mass is 16.3. The number of rotatable bonds is 0. The molecule has 0 saturated heterocycles. The van der Waals surface area contributed by atoms with Gasteiger partial charge in [0.1, 0.15) is 0 Å². The van der Waals surface area contributed by atoms with Crippen LogP contribution in [0, 0.1) is 28.6 Å². The number of aliphatic hydroxyl groups is 1. The third-order valence-electron chi connectivity index (χ3n) is 7.42. The van der Waals surface area contributed by atoms with Crippen LogP contribution in [0.3, 0.4) is 0 Å². The first kappa shape index (κ1) is 13.1. The molecule has 1 heteroatoms. The fraction of sp³-hybridized carbons (Fsp3) is 0.789. The molecule has 0 aromatic carbocycles. The van der Waals surface area contributed by atoms with Gasteiger partial charge in [-0.2, -0.15) is 0 Å². The minimum Gasteiger partial charge on any atom is -0.389 e. The molecule has 1 N–H and O–H groups in total. The molecule has 1 unspecified atom stereocenters. The lowest BCUT2D eigenvalue weighted by Crippen LogP contribution is -2.47. The van der Waals surface area contributed by atoms with Crippen LogP contribution in [0.4, 0.5) is 0 Å². The van der Waals surface area contributed by atoms with Gasteiger partial charge in [-0.05, 0) is 72.7 Å². The van der Waals surface area contributed by atoms with E-state index in [4.69, 9.17) is 0 Å². The summed E-state index contributed by atoms with van der Waals surface area (Å²) in [7, 11) is 0. The number of fused-ring (bicyclic) bond motifs is 5. The zero-order valence-electron chi connectivity index (χ0n) is 12.9. The minimum absolute atomic E-state index is 0.209. The lowest BCUT2D eigenvalue weighted by atomic mass is 9.49. The van der Waals surface area contributed by atoms with Crippen LogP contribution in [-0.2, 0) is 0 Å². The van der Waals surface area contributed by atoms with Gasteiger partial charge in [-0.25, -0.2) is 0 Å². The quantitative estimate of drug-likeness (QED) is 0.689. The molecule has 0 aliphatic heterocycles. The summed E-state index contributed by atoms with van der Waals surface area (Å²) < 4.78 is 0. The Bertz CT molecular complexity index is 476. The van der Waals surface area contributed by atoms with Crippen LogP contribution in [0.15, 0.2) is 23.8 Å². The van der Waals surface area contributed by atoms with E-state index in [0.717, 1.165) is 24.2 Å². The van der Waals surface area contributed by atoms with Gasteiger partial charge in [0.05, 0.1) is 6.10 Å². The largest absolute Gasteiger partial charge is 0.389 e. The maximum atomic E-state index is 9.94. The summed E-state index contributed by atoms with van der Waals surface area (Å²) >= 11 is 0. The Morgan fingerprint density at radius 3 is 2.75 bits per heavy atom. The second-order valence-electron chi connectivity index (χ2n) is 8.38. The molecule has 4 rings (SSSR count). The van der Waals surface area contributed by atoms with E-state index in [-0.39, 0.29) is 6.10 Å². The zero-order valence-corrected chi connectivity index (χ0v) is 12.9. The predicted octanol–water partition coefficient (Wildman–Crippen LogP) is 4.48. The van der Waals surface area contributed by atoms with Crippen molar-refractivity contribution in [3.8, 4) is 0 Å². The van der Waals surface area contributed by atoms with Gasteiger partial charge < -0.3 is 5.11 Å². The van der Waals surface area contributed by atoms with Crippen LogP contribution < -0.4 is 0 Å². The number of hydrogen-bond donors (Lipinski definition) is 1. The van der Waals surface area contributed by atoms with Crippen LogP contribution in [-0.4, -0.2) is 11.2 Å². The van der Waals surface area contributed by atoms with Gasteiger partial charge in [-0.15, -0.1) is 0 Å². The molecule has 20 heavy (non-hydrogen) atoms. The molecule has 0 heterocycles. The van der Waals surface area contributed by atoms with Gasteiger partial charge >= 0.3 is 0 Å². The van der Waals surface area contributed by atoms with Gasteiger partial charge in [0.2, 0.25) is 0 Å². The molecular weight excluding hydrogens is 244 g/mol. The summed E-state index contributed by atoms with van der Waals surface area (Å²) in [6.45, 7) is 5.02. The molecule has 0 aromatic heterocycles. The van der Waals surface area contributed by atoms with Crippen molar-refractivity contribution in [3.63, 3.8) is 0 Å². The molecule has 110 valence electrons. The first-order valence-corrected chi connectivity index (χ1v) is 8.61. The highest BCUT2D eigenvalue weighted by Crippen LogP contribution is 2.63. The molecule has 0 bridgehead atoms. The molecule has 2 fully saturated rings. The van der Waals surface area contributed by atoms with Crippen molar-refractivity contribution in [2.45, 2.75) is 64.9 Å². The molecule has 2 saturated carbocycles. The Morgan fingerprint density at radius 1 is 1.05 bits per heavy atom. The minimum atomic E-state index is -0.209. The van der Waals surface area contributed by atoms with Crippen LogP contribution in [0.1, 0.15) is 58.8 Å². The molecule has 0 amide bonds. The maximum absolute atomic E-state index is 9.94. The molecule has 1 nitrogen and oxygen atoms in total. The zero-order chi connectivity index (χ0) is 14.0. The van der Waals surface area contributed by atoms with E-state index in [0.29, 0.717) is 10.8 Å². The molecule has 0 aromatic rings. The Labute approximate surface area is 123 Å². The van der Waals surface area contributed by atoms with Crippen molar-refractivity contribution in [2.24, 2.45) is 28.6 Å². The van der Waals surface area contributed by atoms with E-state index in [1.165, 1.54) is 44.1 Å². The van der Waals surface area contributed by atoms with Crippen molar-refractivity contribution in [2.75, 3.05) is 0 Å². The van der Waals surface area contributed by atoms with Crippen LogP contribution in [0.5, 0.6) is 0 Å². The van der Waals surface area contributed by atoms with E-state index in [2.05, 4.69) is 32.1 Å². The Balaban J connectivity index is 1.74. The Kier molecular flexibility index (Phi) is 2.77. The highest BCUT2D eigenvalue weighted by molar-refractivity contribution is 5.36. The predicted molar refractivity (Wildman–Crippen MR) is 82.2 cm³/mol. The topological polar surface area (TPSA) is 20.2 Å². The van der Waals surface area contributed by atoms with Crippen LogP contribution >= 0.6 is 0 Å². The molecule has 4 aliphatic rings. The third kappa shape index (κ3) is 1.65. The second-order valence-corrected chi connectivity index (χ2v) is 8.38. The van der Waals surface area contributed by atoms with Crippen molar-refractivity contribution >= 4 is 0 Å². The average Bonchev–Trinajstić information content (AvgIpc) is 2.81. The highest BCUT2D eigenvalue weighted by Gasteiger charge is 2.54. The molecule has 4 aliphatic carbocycles. The van der Waals surface area contributed by atoms with Gasteiger partial charge in [-0.1, -0.05) is 38.5 Å². The molecule has 0 spiro atoms. The van der Waals surface area contributed by atoms with Gasteiger partial charge in [0.25, 0.3) is 0 Å². The summed E-state index contributed by atoms with van der Waals surface area (Å²) in [5.41, 5.74) is 2.39. The molecule has 6 atom stereocenters. The summed E-state index contributed by atoms with van der Waals surface area (Å²) in [4.78, 5) is 0. The molecular formula is C19H28O. The number of allylic oxidation sites excluding steroid dienone is 3. The SMILES string of the molecule is C[C@@]12CCC[C@H]1[C@@H]1C=CC3=CC(O)CC[C@]3(C)[C@H]1CC2. The Hall–Kier alpha value is -0.560. The summed E-state index contributed by atoms with van der Waals surface area (Å²) in [5, 5.41) is 9.94. The van der Waals surface area contributed by atoms with Gasteiger partial charge in [0, 0.05) is 0 Å². The van der Waals surface area contributed by atoms with Gasteiger partial charge in [0.15, 0.2) is 0 Å². The summed E-state index contributed by atoms with van der Waals surface area (Å²) in [6, 6.07) is 0. The molecule has 0 radical (unpaired) electrons. The standard InChI is InChI=1S/C19H28O/c1-18-9-3-4-16(18)15-6-5-13-12-14(20)7-11-19(13,2)17(15)8-10-18/h5-6,12,14-17,20H,3-4,7-11H2,1-2H3/t14?,15-,16-,17-,18-,19-/m0/s1. The van der Waals surface area contributed by atoms with E-state index in [1.54, 1.807) is 0 Å². The summed E-state index contributed by atoms with van der Waals surface area (Å²) in [6.07, 6.45) is 16.1. The van der Waals surface area contributed by atoms with Crippen LogP contribution in [0.25, 0.3) is 0 Å². The van der Waals surface area contributed by atoms with E-state index in [1.807, 2.05) is 0 Å². The first-order chi connectivity index (χ1) is 9.53. The van der Waals surface area contributed by atoms with Crippen molar-refractivity contribution in [1.82, 2.24) is 0 Å². The lowest BCUT2D eigenvalue weighted by Gasteiger charge is -2.55. The maximum Gasteiger partial charge on any atom is 0.0727 e. The van der Waals surface area contributed by atoms with Crippen LogP contribution in [0.2, 0.25) is 0 Å². The first-order valence-electron chi connectivity index (χ1n) is 8.61. The monoisotopic (exact) mass is 272 g/mol. The second kappa shape index (κ2) is 4.22.